The van der Waals surface area contributed by atoms with E-state index in [0.717, 1.165) is 11.3 Å². The number of rotatable bonds is 5. The number of aromatic nitrogens is 2. The summed E-state index contributed by atoms with van der Waals surface area (Å²) in [5, 5.41) is 2.91. The molecule has 114 valence electrons. The third-order valence-corrected chi connectivity index (χ3v) is 3.49. The van der Waals surface area contributed by atoms with Crippen molar-refractivity contribution in [2.75, 3.05) is 13.7 Å². The standard InChI is InChI=1S/C16H17N3O3/c1-11-9-17-15-8-12(5-6-19(11)15)16(20)18-13(10-21-2)14-4-3-7-22-14/h3-9,13H,10H2,1-2H3,(H,18,20). The van der Waals surface area contributed by atoms with Crippen molar-refractivity contribution < 1.29 is 13.9 Å². The highest BCUT2D eigenvalue weighted by atomic mass is 16.5. The highest BCUT2D eigenvalue weighted by Gasteiger charge is 2.18. The number of hydrogen-bond acceptors (Lipinski definition) is 4. The van der Waals surface area contributed by atoms with Crippen molar-refractivity contribution in [3.63, 3.8) is 0 Å². The van der Waals surface area contributed by atoms with Gasteiger partial charge in [0.2, 0.25) is 0 Å². The fourth-order valence-electron chi connectivity index (χ4n) is 2.34. The molecule has 1 amide bonds. The molecule has 3 rings (SSSR count). The van der Waals surface area contributed by atoms with E-state index >= 15 is 0 Å². The molecule has 3 aromatic heterocycles. The molecule has 22 heavy (non-hydrogen) atoms. The maximum absolute atomic E-state index is 12.4. The summed E-state index contributed by atoms with van der Waals surface area (Å²) in [6.07, 6.45) is 5.18. The van der Waals surface area contributed by atoms with Crippen LogP contribution in [0.2, 0.25) is 0 Å². The van der Waals surface area contributed by atoms with Gasteiger partial charge in [-0.1, -0.05) is 0 Å². The number of imidazole rings is 1. The molecule has 0 aliphatic heterocycles. The summed E-state index contributed by atoms with van der Waals surface area (Å²) >= 11 is 0. The van der Waals surface area contributed by atoms with Crippen molar-refractivity contribution in [3.8, 4) is 0 Å². The first-order valence-electron chi connectivity index (χ1n) is 6.96. The van der Waals surface area contributed by atoms with Gasteiger partial charge in [0.25, 0.3) is 5.91 Å². The normalized spacial score (nSPS) is 12.5. The summed E-state index contributed by atoms with van der Waals surface area (Å²) in [7, 11) is 1.58. The molecule has 6 heteroatoms. The first kappa shape index (κ1) is 14.3. The number of nitrogens with one attached hydrogen (secondary N) is 1. The Morgan fingerprint density at radius 1 is 1.50 bits per heavy atom. The van der Waals surface area contributed by atoms with Gasteiger partial charge in [-0.2, -0.15) is 0 Å². The molecule has 0 radical (unpaired) electrons. The van der Waals surface area contributed by atoms with Crippen LogP contribution in [0.5, 0.6) is 0 Å². The van der Waals surface area contributed by atoms with Crippen molar-refractivity contribution in [1.82, 2.24) is 14.7 Å². The number of nitrogens with zero attached hydrogens (tertiary/aromatic N) is 2. The lowest BCUT2D eigenvalue weighted by atomic mass is 10.2. The molecule has 0 saturated heterocycles. The average Bonchev–Trinajstić information content (AvgIpc) is 3.17. The average molecular weight is 299 g/mol. The molecular weight excluding hydrogens is 282 g/mol. The zero-order chi connectivity index (χ0) is 15.5. The monoisotopic (exact) mass is 299 g/mol. The topological polar surface area (TPSA) is 68.8 Å². The molecule has 6 nitrogen and oxygen atoms in total. The highest BCUT2D eigenvalue weighted by molar-refractivity contribution is 5.95. The van der Waals surface area contributed by atoms with E-state index in [1.54, 1.807) is 37.8 Å². The van der Waals surface area contributed by atoms with E-state index in [2.05, 4.69) is 10.3 Å². The number of furan rings is 1. The smallest absolute Gasteiger partial charge is 0.252 e. The predicted octanol–water partition coefficient (Wildman–Crippen LogP) is 2.35. The van der Waals surface area contributed by atoms with Crippen LogP contribution >= 0.6 is 0 Å². The lowest BCUT2D eigenvalue weighted by molar-refractivity contribution is 0.0883. The molecule has 0 saturated carbocycles. The van der Waals surface area contributed by atoms with Crippen LogP contribution in [0.3, 0.4) is 0 Å². The molecule has 0 aliphatic carbocycles. The van der Waals surface area contributed by atoms with Crippen LogP contribution in [0.4, 0.5) is 0 Å². The van der Waals surface area contributed by atoms with Crippen LogP contribution in [0.15, 0.2) is 47.3 Å². The number of methoxy groups -OCH3 is 1. The van der Waals surface area contributed by atoms with Crippen LogP contribution < -0.4 is 5.32 Å². The Hall–Kier alpha value is -2.60. The summed E-state index contributed by atoms with van der Waals surface area (Å²) in [6, 6.07) is 6.79. The predicted molar refractivity (Wildman–Crippen MR) is 80.7 cm³/mol. The number of carbonyl (C=O) groups is 1. The Morgan fingerprint density at radius 3 is 3.09 bits per heavy atom. The number of amides is 1. The number of carbonyl (C=O) groups excluding carboxylic acids is 1. The van der Waals surface area contributed by atoms with Crippen LogP contribution in [0.25, 0.3) is 5.65 Å². The number of fused-ring (bicyclic) bond motifs is 1. The Balaban J connectivity index is 1.82. The van der Waals surface area contributed by atoms with Gasteiger partial charge in [-0.05, 0) is 31.2 Å². The SMILES string of the molecule is COCC(NC(=O)c1ccn2c(C)cnc2c1)c1ccco1. The Morgan fingerprint density at radius 2 is 2.36 bits per heavy atom. The third kappa shape index (κ3) is 2.73. The van der Waals surface area contributed by atoms with Crippen LogP contribution in [-0.2, 0) is 4.74 Å². The maximum atomic E-state index is 12.4. The molecule has 0 aliphatic rings. The van der Waals surface area contributed by atoms with Crippen LogP contribution in [0.1, 0.15) is 27.9 Å². The van der Waals surface area contributed by atoms with E-state index in [-0.39, 0.29) is 11.9 Å². The van der Waals surface area contributed by atoms with Gasteiger partial charge in [-0.3, -0.25) is 4.79 Å². The Kier molecular flexibility index (Phi) is 3.93. The van der Waals surface area contributed by atoms with E-state index in [4.69, 9.17) is 9.15 Å². The van der Waals surface area contributed by atoms with Gasteiger partial charge >= 0.3 is 0 Å². The largest absolute Gasteiger partial charge is 0.467 e. The highest BCUT2D eigenvalue weighted by Crippen LogP contribution is 2.15. The zero-order valence-electron chi connectivity index (χ0n) is 12.4. The second-order valence-electron chi connectivity index (χ2n) is 5.04. The second-order valence-corrected chi connectivity index (χ2v) is 5.04. The van der Waals surface area contributed by atoms with Crippen molar-refractivity contribution in [2.45, 2.75) is 13.0 Å². The number of pyridine rings is 1. The number of hydrogen-bond donors (Lipinski definition) is 1. The Labute approximate surface area is 127 Å². The second kappa shape index (κ2) is 6.03. The number of ether oxygens (including phenoxy) is 1. The van der Waals surface area contributed by atoms with Gasteiger partial charge in [0.15, 0.2) is 0 Å². The van der Waals surface area contributed by atoms with E-state index in [0.29, 0.717) is 17.9 Å². The fourth-order valence-corrected chi connectivity index (χ4v) is 2.34. The molecule has 0 aromatic carbocycles. The molecule has 0 spiro atoms. The van der Waals surface area contributed by atoms with Gasteiger partial charge in [-0.15, -0.1) is 0 Å². The quantitative estimate of drug-likeness (QED) is 0.785. The van der Waals surface area contributed by atoms with E-state index in [1.807, 2.05) is 23.6 Å². The lowest BCUT2D eigenvalue weighted by Gasteiger charge is -2.15. The molecule has 3 aromatic rings. The molecule has 0 bridgehead atoms. The molecule has 1 unspecified atom stereocenters. The first-order valence-corrected chi connectivity index (χ1v) is 6.96. The van der Waals surface area contributed by atoms with Crippen LogP contribution in [0, 0.1) is 6.92 Å². The van der Waals surface area contributed by atoms with Gasteiger partial charge in [0, 0.05) is 30.8 Å². The van der Waals surface area contributed by atoms with Gasteiger partial charge in [-0.25, -0.2) is 4.98 Å². The van der Waals surface area contributed by atoms with Crippen molar-refractivity contribution in [2.24, 2.45) is 0 Å². The maximum Gasteiger partial charge on any atom is 0.252 e. The summed E-state index contributed by atoms with van der Waals surface area (Å²) in [5.74, 6) is 0.467. The summed E-state index contributed by atoms with van der Waals surface area (Å²) in [4.78, 5) is 16.7. The van der Waals surface area contributed by atoms with E-state index < -0.39 is 0 Å². The number of aryl methyl sites for hydroxylation is 1. The van der Waals surface area contributed by atoms with Gasteiger partial charge in [0.05, 0.1) is 12.9 Å². The van der Waals surface area contributed by atoms with Crippen molar-refractivity contribution >= 4 is 11.6 Å². The molecule has 3 heterocycles. The van der Waals surface area contributed by atoms with E-state index in [9.17, 15) is 4.79 Å². The van der Waals surface area contributed by atoms with Gasteiger partial charge < -0.3 is 18.9 Å². The van der Waals surface area contributed by atoms with Gasteiger partial charge in [0.1, 0.15) is 17.4 Å². The summed E-state index contributed by atoms with van der Waals surface area (Å²) in [5.41, 5.74) is 2.31. The van der Waals surface area contributed by atoms with Crippen molar-refractivity contribution in [3.05, 3.63) is 59.9 Å². The van der Waals surface area contributed by atoms with Crippen LogP contribution in [-0.4, -0.2) is 29.0 Å². The molecule has 1 N–H and O–H groups in total. The fraction of sp³-hybridized carbons (Fsp3) is 0.250. The zero-order valence-corrected chi connectivity index (χ0v) is 12.4. The van der Waals surface area contributed by atoms with Crippen molar-refractivity contribution in [1.29, 1.82) is 0 Å². The summed E-state index contributed by atoms with van der Waals surface area (Å²) in [6.45, 7) is 2.30. The minimum Gasteiger partial charge on any atom is -0.467 e. The minimum atomic E-state index is -0.329. The molecule has 1 atom stereocenters. The lowest BCUT2D eigenvalue weighted by Crippen LogP contribution is -2.31. The minimum absolute atomic E-state index is 0.193. The summed E-state index contributed by atoms with van der Waals surface area (Å²) < 4.78 is 12.4. The third-order valence-electron chi connectivity index (χ3n) is 3.49. The molecule has 0 fully saturated rings. The Bertz CT molecular complexity index is 777. The van der Waals surface area contributed by atoms with E-state index in [1.165, 1.54) is 0 Å². The first-order chi connectivity index (χ1) is 10.7. The molecular formula is C16H17N3O3.